The topological polar surface area (TPSA) is 29.5 Å². The van der Waals surface area contributed by atoms with Crippen LogP contribution >= 0.6 is 11.8 Å². The maximum Gasteiger partial charge on any atom is 0.222 e. The molecule has 1 heterocycles. The normalized spacial score (nSPS) is 15.5. The molecule has 0 bridgehead atoms. The van der Waals surface area contributed by atoms with E-state index in [1.54, 1.807) is 30.0 Å². The molecule has 0 aromatic heterocycles. The predicted molar refractivity (Wildman–Crippen MR) is 96.7 cm³/mol. The molecule has 0 N–H and O–H groups in total. The molecule has 0 atom stereocenters. The molecule has 0 radical (unpaired) electrons. The Kier molecular flexibility index (Phi) is 8.33. The smallest absolute Gasteiger partial charge is 0.222 e. The van der Waals surface area contributed by atoms with Gasteiger partial charge in [0.05, 0.1) is 6.61 Å². The number of nitrogens with zero attached hydrogens (tertiary/aromatic N) is 1. The Morgan fingerprint density at radius 1 is 1.33 bits per heavy atom. The van der Waals surface area contributed by atoms with E-state index in [-0.39, 0.29) is 11.7 Å². The molecular weight excluding hydrogens is 325 g/mol. The van der Waals surface area contributed by atoms with Crippen LogP contribution in [0.15, 0.2) is 41.8 Å². The Morgan fingerprint density at radius 2 is 2.04 bits per heavy atom. The van der Waals surface area contributed by atoms with Gasteiger partial charge in [-0.1, -0.05) is 6.08 Å². The molecule has 3 nitrogen and oxygen atoms in total. The molecule has 1 aromatic rings. The second-order valence-corrected chi connectivity index (χ2v) is 7.22. The number of carbonyl (C=O) groups excluding carboxylic acids is 1. The third-order valence-electron chi connectivity index (χ3n) is 4.17. The monoisotopic (exact) mass is 351 g/mol. The molecule has 132 valence electrons. The Bertz CT molecular complexity index is 513. The summed E-state index contributed by atoms with van der Waals surface area (Å²) >= 11 is 1.67. The van der Waals surface area contributed by atoms with Crippen LogP contribution in [0.4, 0.5) is 4.39 Å². The maximum atomic E-state index is 12.8. The highest BCUT2D eigenvalue weighted by Crippen LogP contribution is 2.21. The standard InChI is InChI=1S/C19H26FNO2S/c1-2-13-23-15-16-9-11-21(12-10-16)19(22)4-3-14-24-18-7-5-17(20)6-8-18/h2,5-8,16H,1,3-4,9-15H2. The molecule has 24 heavy (non-hydrogen) atoms. The lowest BCUT2D eigenvalue weighted by Crippen LogP contribution is -2.39. The van der Waals surface area contributed by atoms with Crippen molar-refractivity contribution in [1.29, 1.82) is 0 Å². The van der Waals surface area contributed by atoms with Gasteiger partial charge in [-0.15, -0.1) is 18.3 Å². The molecule has 0 unspecified atom stereocenters. The number of likely N-dealkylation sites (tertiary alicyclic amines) is 1. The van der Waals surface area contributed by atoms with Gasteiger partial charge < -0.3 is 9.64 Å². The van der Waals surface area contributed by atoms with E-state index in [9.17, 15) is 9.18 Å². The number of rotatable bonds is 9. The molecule has 1 amide bonds. The molecule has 5 heteroatoms. The van der Waals surface area contributed by atoms with Crippen LogP contribution in [0.1, 0.15) is 25.7 Å². The average Bonchev–Trinajstić information content (AvgIpc) is 2.61. The fourth-order valence-electron chi connectivity index (χ4n) is 2.77. The zero-order chi connectivity index (χ0) is 17.2. The van der Waals surface area contributed by atoms with Crippen molar-refractivity contribution in [3.05, 3.63) is 42.7 Å². The number of amides is 1. The second-order valence-electron chi connectivity index (χ2n) is 6.06. The summed E-state index contributed by atoms with van der Waals surface area (Å²) < 4.78 is 18.3. The van der Waals surface area contributed by atoms with Crippen molar-refractivity contribution >= 4 is 17.7 Å². The molecule has 1 aliphatic rings. The van der Waals surface area contributed by atoms with Crippen molar-refractivity contribution < 1.29 is 13.9 Å². The Morgan fingerprint density at radius 3 is 2.71 bits per heavy atom. The molecule has 1 aliphatic heterocycles. The molecular formula is C19H26FNO2S. The third kappa shape index (κ3) is 6.65. The van der Waals surface area contributed by atoms with Crippen LogP contribution in [0.3, 0.4) is 0 Å². The van der Waals surface area contributed by atoms with Crippen LogP contribution in [-0.4, -0.2) is 42.9 Å². The van der Waals surface area contributed by atoms with E-state index in [2.05, 4.69) is 6.58 Å². The van der Waals surface area contributed by atoms with E-state index >= 15 is 0 Å². The first kappa shape index (κ1) is 19.0. The van der Waals surface area contributed by atoms with Crippen molar-refractivity contribution in [2.75, 3.05) is 32.1 Å². The van der Waals surface area contributed by atoms with Crippen molar-refractivity contribution in [3.8, 4) is 0 Å². The van der Waals surface area contributed by atoms with Crippen LogP contribution in [0.5, 0.6) is 0 Å². The number of thioether (sulfide) groups is 1. The number of hydrogen-bond acceptors (Lipinski definition) is 3. The van der Waals surface area contributed by atoms with Gasteiger partial charge in [-0.2, -0.15) is 0 Å². The number of hydrogen-bond donors (Lipinski definition) is 0. The Balaban J connectivity index is 1.58. The van der Waals surface area contributed by atoms with Crippen LogP contribution in [-0.2, 0) is 9.53 Å². The lowest BCUT2D eigenvalue weighted by atomic mass is 9.97. The van der Waals surface area contributed by atoms with Gasteiger partial charge in [0.1, 0.15) is 5.82 Å². The first-order valence-electron chi connectivity index (χ1n) is 8.54. The molecule has 1 fully saturated rings. The zero-order valence-corrected chi connectivity index (χ0v) is 14.9. The van der Waals surface area contributed by atoms with Crippen LogP contribution in [0.2, 0.25) is 0 Å². The number of benzene rings is 1. The van der Waals surface area contributed by atoms with Gasteiger partial charge in [0.2, 0.25) is 5.91 Å². The highest BCUT2D eigenvalue weighted by atomic mass is 32.2. The molecule has 1 aromatic carbocycles. The molecule has 2 rings (SSSR count). The van der Waals surface area contributed by atoms with Crippen molar-refractivity contribution in [2.45, 2.75) is 30.6 Å². The summed E-state index contributed by atoms with van der Waals surface area (Å²) in [4.78, 5) is 15.3. The Hall–Kier alpha value is -1.33. The minimum absolute atomic E-state index is 0.215. The van der Waals surface area contributed by atoms with Gasteiger partial charge in [-0.05, 0) is 55.2 Å². The van der Waals surface area contributed by atoms with E-state index in [0.29, 0.717) is 18.9 Å². The fourth-order valence-corrected chi connectivity index (χ4v) is 3.62. The summed E-state index contributed by atoms with van der Waals surface area (Å²) in [7, 11) is 0. The lowest BCUT2D eigenvalue weighted by molar-refractivity contribution is -0.132. The van der Waals surface area contributed by atoms with Gasteiger partial charge in [0, 0.05) is 31.0 Å². The number of halogens is 1. The van der Waals surface area contributed by atoms with Crippen molar-refractivity contribution in [3.63, 3.8) is 0 Å². The van der Waals surface area contributed by atoms with E-state index < -0.39 is 0 Å². The van der Waals surface area contributed by atoms with Gasteiger partial charge in [0.25, 0.3) is 0 Å². The van der Waals surface area contributed by atoms with Crippen molar-refractivity contribution in [1.82, 2.24) is 4.90 Å². The van der Waals surface area contributed by atoms with Crippen LogP contribution in [0.25, 0.3) is 0 Å². The third-order valence-corrected chi connectivity index (χ3v) is 5.27. The summed E-state index contributed by atoms with van der Waals surface area (Å²) in [5.74, 6) is 1.47. The zero-order valence-electron chi connectivity index (χ0n) is 14.1. The van der Waals surface area contributed by atoms with Crippen LogP contribution in [0, 0.1) is 11.7 Å². The number of ether oxygens (including phenoxy) is 1. The van der Waals surface area contributed by atoms with E-state index in [1.165, 1.54) is 12.1 Å². The summed E-state index contributed by atoms with van der Waals surface area (Å²) in [5.41, 5.74) is 0. The van der Waals surface area contributed by atoms with E-state index in [1.807, 2.05) is 4.90 Å². The van der Waals surface area contributed by atoms with Gasteiger partial charge in [-0.25, -0.2) is 4.39 Å². The summed E-state index contributed by atoms with van der Waals surface area (Å²) in [6.07, 6.45) is 5.25. The second kappa shape index (κ2) is 10.5. The van der Waals surface area contributed by atoms with Gasteiger partial charge in [-0.3, -0.25) is 4.79 Å². The summed E-state index contributed by atoms with van der Waals surface area (Å²) in [5, 5.41) is 0. The molecule has 0 aliphatic carbocycles. The van der Waals surface area contributed by atoms with E-state index in [0.717, 1.165) is 49.6 Å². The number of piperidine rings is 1. The predicted octanol–water partition coefficient (Wildman–Crippen LogP) is 4.14. The number of carbonyl (C=O) groups is 1. The Labute approximate surface area is 148 Å². The van der Waals surface area contributed by atoms with Gasteiger partial charge >= 0.3 is 0 Å². The van der Waals surface area contributed by atoms with Crippen molar-refractivity contribution in [2.24, 2.45) is 5.92 Å². The van der Waals surface area contributed by atoms with E-state index in [4.69, 9.17) is 4.74 Å². The molecule has 0 saturated carbocycles. The molecule has 1 saturated heterocycles. The average molecular weight is 351 g/mol. The lowest BCUT2D eigenvalue weighted by Gasteiger charge is -2.32. The molecule has 0 spiro atoms. The minimum atomic E-state index is -0.215. The fraction of sp³-hybridized carbons (Fsp3) is 0.526. The quantitative estimate of drug-likeness (QED) is 0.380. The summed E-state index contributed by atoms with van der Waals surface area (Å²) in [6, 6.07) is 6.49. The first-order valence-corrected chi connectivity index (χ1v) is 9.52. The van der Waals surface area contributed by atoms with Gasteiger partial charge in [0.15, 0.2) is 0 Å². The highest BCUT2D eigenvalue weighted by Gasteiger charge is 2.22. The minimum Gasteiger partial charge on any atom is -0.377 e. The summed E-state index contributed by atoms with van der Waals surface area (Å²) in [6.45, 7) is 6.69. The van der Waals surface area contributed by atoms with Crippen LogP contribution < -0.4 is 0 Å². The first-order chi connectivity index (χ1) is 11.7. The highest BCUT2D eigenvalue weighted by molar-refractivity contribution is 7.99. The maximum absolute atomic E-state index is 12.8. The SMILES string of the molecule is C=CCOCC1CCN(C(=O)CCCSc2ccc(F)cc2)CC1. The largest absolute Gasteiger partial charge is 0.377 e.